The summed E-state index contributed by atoms with van der Waals surface area (Å²) in [5.41, 5.74) is 0. The summed E-state index contributed by atoms with van der Waals surface area (Å²) in [5.74, 6) is -0.147. The average molecular weight is 289 g/mol. The van der Waals surface area contributed by atoms with Crippen molar-refractivity contribution in [1.29, 1.82) is 0 Å². The Hall–Kier alpha value is -0.620. The van der Waals surface area contributed by atoms with Crippen molar-refractivity contribution in [1.82, 2.24) is 4.90 Å². The summed E-state index contributed by atoms with van der Waals surface area (Å²) in [6, 6.07) is -0.206. The number of likely N-dealkylation sites (tertiary alicyclic amines) is 1. The number of hydrogen-bond donors (Lipinski definition) is 1. The van der Waals surface area contributed by atoms with Crippen LogP contribution in [0.15, 0.2) is 0 Å². The highest BCUT2D eigenvalue weighted by Gasteiger charge is 2.45. The third kappa shape index (κ3) is 3.28. The van der Waals surface area contributed by atoms with Crippen molar-refractivity contribution < 1.29 is 18.3 Å². The average Bonchev–Trinajstić information content (AvgIpc) is 2.75. The SMILES string of the molecule is CCS(=O)(=O)CCN1[C@@H]2CCCC[C@@H]2C[C@H]1C(=O)O. The lowest BCUT2D eigenvalue weighted by Gasteiger charge is -2.32. The van der Waals surface area contributed by atoms with E-state index in [0.717, 1.165) is 19.3 Å². The second-order valence-corrected chi connectivity index (χ2v) is 8.15. The van der Waals surface area contributed by atoms with Gasteiger partial charge in [0.05, 0.1) is 5.75 Å². The van der Waals surface area contributed by atoms with E-state index < -0.39 is 21.8 Å². The Kier molecular flexibility index (Phi) is 4.50. The molecular formula is C13H23NO4S. The van der Waals surface area contributed by atoms with Gasteiger partial charge >= 0.3 is 5.97 Å². The Bertz CT molecular complexity index is 434. The maximum atomic E-state index is 11.6. The number of hydrogen-bond acceptors (Lipinski definition) is 4. The highest BCUT2D eigenvalue weighted by molar-refractivity contribution is 7.91. The fraction of sp³-hybridized carbons (Fsp3) is 0.923. The third-order valence-corrected chi connectivity index (χ3v) is 6.29. The van der Waals surface area contributed by atoms with Gasteiger partial charge in [0.15, 0.2) is 9.84 Å². The molecule has 0 spiro atoms. The lowest BCUT2D eigenvalue weighted by atomic mass is 9.85. The van der Waals surface area contributed by atoms with Gasteiger partial charge in [-0.05, 0) is 25.2 Å². The number of carboxylic acid groups (broad SMARTS) is 1. The van der Waals surface area contributed by atoms with Crippen molar-refractivity contribution in [2.45, 2.75) is 51.1 Å². The lowest BCUT2D eigenvalue weighted by Crippen LogP contribution is -2.44. The smallest absolute Gasteiger partial charge is 0.320 e. The first kappa shape index (κ1) is 14.8. The molecular weight excluding hydrogens is 266 g/mol. The molecule has 1 heterocycles. The first-order chi connectivity index (χ1) is 8.94. The fourth-order valence-corrected chi connectivity index (χ4v) is 4.28. The Labute approximate surface area is 114 Å². The summed E-state index contributed by atoms with van der Waals surface area (Å²) >= 11 is 0. The van der Waals surface area contributed by atoms with Crippen molar-refractivity contribution in [3.05, 3.63) is 0 Å². The van der Waals surface area contributed by atoms with E-state index in [2.05, 4.69) is 0 Å². The number of sulfone groups is 1. The number of aliphatic carboxylic acids is 1. The molecule has 3 atom stereocenters. The Balaban J connectivity index is 2.07. The summed E-state index contributed by atoms with van der Waals surface area (Å²) in [7, 11) is -3.03. The molecule has 19 heavy (non-hydrogen) atoms. The van der Waals surface area contributed by atoms with Crippen LogP contribution in [0.1, 0.15) is 39.0 Å². The van der Waals surface area contributed by atoms with Crippen LogP contribution in [0, 0.1) is 5.92 Å². The standard InChI is InChI=1S/C13H23NO4S/c1-2-19(17,18)8-7-14-11-6-4-3-5-10(11)9-12(14)13(15)16/h10-12H,2-9H2,1H3,(H,15,16)/t10-,11-,12+/m1/s1. The molecule has 2 rings (SSSR count). The minimum Gasteiger partial charge on any atom is -0.480 e. The highest BCUT2D eigenvalue weighted by atomic mass is 32.2. The number of carboxylic acids is 1. The summed E-state index contributed by atoms with van der Waals surface area (Å²) in [6.45, 7) is 2.01. The van der Waals surface area contributed by atoms with E-state index >= 15 is 0 Å². The van der Waals surface area contributed by atoms with Gasteiger partial charge < -0.3 is 5.11 Å². The molecule has 6 heteroatoms. The van der Waals surface area contributed by atoms with Gasteiger partial charge in [0.2, 0.25) is 0 Å². The van der Waals surface area contributed by atoms with Gasteiger partial charge in [-0.2, -0.15) is 0 Å². The molecule has 0 aromatic carbocycles. The molecule has 0 radical (unpaired) electrons. The molecule has 0 bridgehead atoms. The molecule has 1 aliphatic carbocycles. The second-order valence-electron chi connectivity index (χ2n) is 5.68. The molecule has 0 aromatic heterocycles. The number of carbonyl (C=O) groups is 1. The second kappa shape index (κ2) is 5.79. The van der Waals surface area contributed by atoms with Crippen LogP contribution in [0.4, 0.5) is 0 Å². The maximum absolute atomic E-state index is 11.6. The number of rotatable bonds is 5. The van der Waals surface area contributed by atoms with Crippen LogP contribution in [0.25, 0.3) is 0 Å². The molecule has 0 aromatic rings. The van der Waals surface area contributed by atoms with Crippen LogP contribution in [0.5, 0.6) is 0 Å². The van der Waals surface area contributed by atoms with Crippen LogP contribution in [-0.2, 0) is 14.6 Å². The molecule has 2 aliphatic rings. The summed E-state index contributed by atoms with van der Waals surface area (Å²) < 4.78 is 23.2. The minimum atomic E-state index is -3.03. The normalized spacial score (nSPS) is 32.2. The summed E-state index contributed by atoms with van der Waals surface area (Å²) in [6.07, 6.45) is 5.09. The van der Waals surface area contributed by atoms with Crippen LogP contribution >= 0.6 is 0 Å². The van der Waals surface area contributed by atoms with Crippen molar-refractivity contribution in [3.8, 4) is 0 Å². The monoisotopic (exact) mass is 289 g/mol. The van der Waals surface area contributed by atoms with Gasteiger partial charge in [-0.15, -0.1) is 0 Å². The lowest BCUT2D eigenvalue weighted by molar-refractivity contribution is -0.142. The van der Waals surface area contributed by atoms with E-state index in [0.29, 0.717) is 18.9 Å². The zero-order valence-corrected chi connectivity index (χ0v) is 12.2. The van der Waals surface area contributed by atoms with Gasteiger partial charge in [0, 0.05) is 18.3 Å². The van der Waals surface area contributed by atoms with E-state index in [9.17, 15) is 18.3 Å². The Morgan fingerprint density at radius 2 is 2.00 bits per heavy atom. The van der Waals surface area contributed by atoms with E-state index in [1.807, 2.05) is 4.90 Å². The number of fused-ring (bicyclic) bond motifs is 1. The first-order valence-electron chi connectivity index (χ1n) is 7.13. The molecule has 1 saturated heterocycles. The molecule has 5 nitrogen and oxygen atoms in total. The predicted molar refractivity (Wildman–Crippen MR) is 72.8 cm³/mol. The molecule has 0 amide bonds. The highest BCUT2D eigenvalue weighted by Crippen LogP contribution is 2.39. The van der Waals surface area contributed by atoms with Crippen molar-refractivity contribution >= 4 is 15.8 Å². The fourth-order valence-electron chi connectivity index (χ4n) is 3.51. The largest absolute Gasteiger partial charge is 0.480 e. The topological polar surface area (TPSA) is 74.7 Å². The molecule has 1 saturated carbocycles. The zero-order valence-electron chi connectivity index (χ0n) is 11.4. The third-order valence-electron chi connectivity index (χ3n) is 4.61. The Morgan fingerprint density at radius 3 is 2.63 bits per heavy atom. The maximum Gasteiger partial charge on any atom is 0.320 e. The predicted octanol–water partition coefficient (Wildman–Crippen LogP) is 1.14. The van der Waals surface area contributed by atoms with Gasteiger partial charge in [-0.25, -0.2) is 8.42 Å². The molecule has 1 N–H and O–H groups in total. The molecule has 110 valence electrons. The van der Waals surface area contributed by atoms with E-state index in [4.69, 9.17) is 0 Å². The van der Waals surface area contributed by atoms with Gasteiger partial charge in [0.25, 0.3) is 0 Å². The van der Waals surface area contributed by atoms with Crippen molar-refractivity contribution in [2.24, 2.45) is 5.92 Å². The minimum absolute atomic E-state index is 0.0799. The van der Waals surface area contributed by atoms with Crippen LogP contribution in [-0.4, -0.2) is 54.5 Å². The van der Waals surface area contributed by atoms with E-state index in [1.165, 1.54) is 6.42 Å². The summed E-state index contributed by atoms with van der Waals surface area (Å²) in [4.78, 5) is 13.3. The van der Waals surface area contributed by atoms with Gasteiger partial charge in [0.1, 0.15) is 6.04 Å². The molecule has 2 fully saturated rings. The molecule has 1 aliphatic heterocycles. The van der Waals surface area contributed by atoms with E-state index in [-0.39, 0.29) is 17.5 Å². The van der Waals surface area contributed by atoms with Crippen LogP contribution in [0.2, 0.25) is 0 Å². The zero-order chi connectivity index (χ0) is 14.0. The quantitative estimate of drug-likeness (QED) is 0.821. The Morgan fingerprint density at radius 1 is 1.32 bits per heavy atom. The van der Waals surface area contributed by atoms with Gasteiger partial charge in [-0.3, -0.25) is 9.69 Å². The van der Waals surface area contributed by atoms with Gasteiger partial charge in [-0.1, -0.05) is 19.8 Å². The van der Waals surface area contributed by atoms with Crippen molar-refractivity contribution in [2.75, 3.05) is 18.1 Å². The van der Waals surface area contributed by atoms with Crippen molar-refractivity contribution in [3.63, 3.8) is 0 Å². The first-order valence-corrected chi connectivity index (χ1v) is 8.95. The summed E-state index contributed by atoms with van der Waals surface area (Å²) in [5, 5.41) is 9.33. The van der Waals surface area contributed by atoms with Crippen LogP contribution < -0.4 is 0 Å². The molecule has 0 unspecified atom stereocenters. The van der Waals surface area contributed by atoms with E-state index in [1.54, 1.807) is 6.92 Å². The number of nitrogens with zero attached hydrogens (tertiary/aromatic N) is 1. The van der Waals surface area contributed by atoms with Crippen LogP contribution in [0.3, 0.4) is 0 Å².